The van der Waals surface area contributed by atoms with Crippen LogP contribution in [-0.2, 0) is 0 Å². The van der Waals surface area contributed by atoms with E-state index in [1.807, 2.05) is 0 Å². The molecule has 0 aliphatic rings. The van der Waals surface area contributed by atoms with Gasteiger partial charge in [0.2, 0.25) is 0 Å². The lowest BCUT2D eigenvalue weighted by molar-refractivity contribution is 0.196. The fraction of sp³-hybridized carbons (Fsp3) is 0.100. The highest BCUT2D eigenvalue weighted by Crippen LogP contribution is 2.07. The van der Waals surface area contributed by atoms with Gasteiger partial charge in [-0.3, -0.25) is 0 Å². The number of carboxylic acid groups (broad SMARTS) is 1. The Morgan fingerprint density at radius 3 is 2.64 bits per heavy atom. The number of halogens is 1. The SMILES string of the molecule is O=C(O)NCC#Cc1ccc(Cl)cc1. The fourth-order valence-electron chi connectivity index (χ4n) is 0.799. The Bertz CT molecular complexity index is 375. The lowest BCUT2D eigenvalue weighted by atomic mass is 10.2. The molecule has 0 aliphatic heterocycles. The van der Waals surface area contributed by atoms with Crippen molar-refractivity contribution in [1.82, 2.24) is 5.32 Å². The monoisotopic (exact) mass is 209 g/mol. The van der Waals surface area contributed by atoms with E-state index in [2.05, 4.69) is 17.2 Å². The van der Waals surface area contributed by atoms with Crippen LogP contribution in [0.25, 0.3) is 0 Å². The third-order valence-corrected chi connectivity index (χ3v) is 1.66. The van der Waals surface area contributed by atoms with Crippen molar-refractivity contribution in [2.75, 3.05) is 6.54 Å². The molecule has 1 aromatic rings. The summed E-state index contributed by atoms with van der Waals surface area (Å²) in [6.45, 7) is 0.123. The van der Waals surface area contributed by atoms with E-state index in [9.17, 15) is 4.79 Å². The van der Waals surface area contributed by atoms with E-state index in [0.717, 1.165) is 5.56 Å². The Hall–Kier alpha value is -1.66. The van der Waals surface area contributed by atoms with Crippen molar-refractivity contribution in [2.45, 2.75) is 0 Å². The topological polar surface area (TPSA) is 49.3 Å². The molecule has 4 heteroatoms. The molecule has 72 valence electrons. The van der Waals surface area contributed by atoms with Crippen LogP contribution in [0.2, 0.25) is 5.02 Å². The van der Waals surface area contributed by atoms with Gasteiger partial charge >= 0.3 is 6.09 Å². The van der Waals surface area contributed by atoms with Crippen LogP contribution in [-0.4, -0.2) is 17.7 Å². The van der Waals surface area contributed by atoms with E-state index in [-0.39, 0.29) is 6.54 Å². The summed E-state index contributed by atoms with van der Waals surface area (Å²) in [5.41, 5.74) is 0.807. The maximum atomic E-state index is 10.1. The van der Waals surface area contributed by atoms with E-state index >= 15 is 0 Å². The second-order valence-corrected chi connectivity index (χ2v) is 2.90. The second-order valence-electron chi connectivity index (χ2n) is 2.47. The number of amides is 1. The summed E-state index contributed by atoms with van der Waals surface area (Å²) in [6.07, 6.45) is -1.07. The minimum Gasteiger partial charge on any atom is -0.465 e. The van der Waals surface area contributed by atoms with Gasteiger partial charge in [-0.2, -0.15) is 0 Å². The first-order valence-electron chi connectivity index (χ1n) is 3.90. The highest BCUT2D eigenvalue weighted by atomic mass is 35.5. The summed E-state index contributed by atoms with van der Waals surface area (Å²) in [5, 5.41) is 11.0. The highest BCUT2D eigenvalue weighted by molar-refractivity contribution is 6.30. The van der Waals surface area contributed by atoms with Gasteiger partial charge in [-0.05, 0) is 24.3 Å². The van der Waals surface area contributed by atoms with Crippen LogP contribution in [0.4, 0.5) is 4.79 Å². The third kappa shape index (κ3) is 3.83. The standard InChI is InChI=1S/C10H8ClNO2/c11-9-5-3-8(4-6-9)2-1-7-12-10(13)14/h3-6,12H,7H2,(H,13,14). The Labute approximate surface area is 86.7 Å². The summed E-state index contributed by atoms with van der Waals surface area (Å²) in [7, 11) is 0. The molecule has 1 rings (SSSR count). The van der Waals surface area contributed by atoms with E-state index in [4.69, 9.17) is 16.7 Å². The molecule has 0 saturated carbocycles. The molecule has 0 fully saturated rings. The zero-order valence-electron chi connectivity index (χ0n) is 7.25. The molecule has 0 aromatic heterocycles. The van der Waals surface area contributed by atoms with Crippen LogP contribution in [0.1, 0.15) is 5.56 Å². The molecule has 0 saturated heterocycles. The van der Waals surface area contributed by atoms with Gasteiger partial charge in [0, 0.05) is 10.6 Å². The third-order valence-electron chi connectivity index (χ3n) is 1.40. The van der Waals surface area contributed by atoms with Crippen molar-refractivity contribution < 1.29 is 9.90 Å². The van der Waals surface area contributed by atoms with Gasteiger partial charge in [-0.25, -0.2) is 4.79 Å². The molecular weight excluding hydrogens is 202 g/mol. The largest absolute Gasteiger partial charge is 0.465 e. The lowest BCUT2D eigenvalue weighted by Gasteiger charge is -1.91. The molecule has 1 amide bonds. The van der Waals surface area contributed by atoms with Crippen LogP contribution >= 0.6 is 11.6 Å². The van der Waals surface area contributed by atoms with Crippen molar-refractivity contribution in [3.63, 3.8) is 0 Å². The lowest BCUT2D eigenvalue weighted by Crippen LogP contribution is -2.20. The van der Waals surface area contributed by atoms with E-state index in [0.29, 0.717) is 5.02 Å². The summed E-state index contributed by atoms with van der Waals surface area (Å²) in [4.78, 5) is 10.1. The normalized spacial score (nSPS) is 8.64. The summed E-state index contributed by atoms with van der Waals surface area (Å²) in [6, 6.07) is 7.01. The van der Waals surface area contributed by atoms with Gasteiger partial charge in [0.15, 0.2) is 0 Å². The van der Waals surface area contributed by atoms with Crippen molar-refractivity contribution in [3.05, 3.63) is 34.9 Å². The zero-order chi connectivity index (χ0) is 10.4. The number of nitrogens with one attached hydrogen (secondary N) is 1. The van der Waals surface area contributed by atoms with Crippen LogP contribution in [0.3, 0.4) is 0 Å². The Morgan fingerprint density at radius 1 is 1.43 bits per heavy atom. The molecule has 0 atom stereocenters. The average Bonchev–Trinajstić information content (AvgIpc) is 2.15. The maximum Gasteiger partial charge on any atom is 0.405 e. The highest BCUT2D eigenvalue weighted by Gasteiger charge is 1.88. The molecule has 14 heavy (non-hydrogen) atoms. The van der Waals surface area contributed by atoms with Crippen LogP contribution < -0.4 is 5.32 Å². The van der Waals surface area contributed by atoms with Gasteiger partial charge in [0.25, 0.3) is 0 Å². The molecule has 0 heterocycles. The Balaban J connectivity index is 2.51. The Morgan fingerprint density at radius 2 is 2.07 bits per heavy atom. The van der Waals surface area contributed by atoms with Crippen molar-refractivity contribution in [2.24, 2.45) is 0 Å². The van der Waals surface area contributed by atoms with E-state index < -0.39 is 6.09 Å². The molecule has 0 aliphatic carbocycles. The first kappa shape index (κ1) is 10.4. The average molecular weight is 210 g/mol. The molecular formula is C10H8ClNO2. The minimum absolute atomic E-state index is 0.123. The molecule has 2 N–H and O–H groups in total. The molecule has 1 aromatic carbocycles. The van der Waals surface area contributed by atoms with Gasteiger partial charge in [-0.15, -0.1) is 0 Å². The number of rotatable bonds is 1. The van der Waals surface area contributed by atoms with E-state index in [1.165, 1.54) is 0 Å². The predicted octanol–water partition coefficient (Wildman–Crippen LogP) is 1.96. The number of hydrogen-bond acceptors (Lipinski definition) is 1. The summed E-state index contributed by atoms with van der Waals surface area (Å²) < 4.78 is 0. The molecule has 0 spiro atoms. The van der Waals surface area contributed by atoms with Crippen molar-refractivity contribution in [3.8, 4) is 11.8 Å². The second kappa shape index (κ2) is 5.15. The number of hydrogen-bond donors (Lipinski definition) is 2. The molecule has 0 bridgehead atoms. The quantitative estimate of drug-likeness (QED) is 0.695. The molecule has 3 nitrogen and oxygen atoms in total. The first-order valence-corrected chi connectivity index (χ1v) is 4.27. The zero-order valence-corrected chi connectivity index (χ0v) is 8.01. The Kier molecular flexibility index (Phi) is 3.84. The van der Waals surface area contributed by atoms with Gasteiger partial charge in [0.1, 0.15) is 0 Å². The van der Waals surface area contributed by atoms with Gasteiger partial charge < -0.3 is 10.4 Å². The van der Waals surface area contributed by atoms with Crippen molar-refractivity contribution >= 4 is 17.7 Å². The number of benzene rings is 1. The first-order chi connectivity index (χ1) is 6.68. The summed E-state index contributed by atoms with van der Waals surface area (Å²) in [5.74, 6) is 5.46. The smallest absolute Gasteiger partial charge is 0.405 e. The minimum atomic E-state index is -1.07. The number of carbonyl (C=O) groups is 1. The van der Waals surface area contributed by atoms with E-state index in [1.54, 1.807) is 24.3 Å². The van der Waals surface area contributed by atoms with Crippen LogP contribution in [0.15, 0.2) is 24.3 Å². The van der Waals surface area contributed by atoms with Gasteiger partial charge in [0.05, 0.1) is 6.54 Å². The van der Waals surface area contributed by atoms with Crippen molar-refractivity contribution in [1.29, 1.82) is 0 Å². The van der Waals surface area contributed by atoms with Gasteiger partial charge in [-0.1, -0.05) is 23.4 Å². The van der Waals surface area contributed by atoms with Crippen LogP contribution in [0, 0.1) is 11.8 Å². The molecule has 0 unspecified atom stereocenters. The van der Waals surface area contributed by atoms with Crippen LogP contribution in [0.5, 0.6) is 0 Å². The fourth-order valence-corrected chi connectivity index (χ4v) is 0.925. The predicted molar refractivity (Wildman–Crippen MR) is 54.4 cm³/mol. The maximum absolute atomic E-state index is 10.1. The summed E-state index contributed by atoms with van der Waals surface area (Å²) >= 11 is 5.68. The molecule has 0 radical (unpaired) electrons.